The molecule has 0 aliphatic heterocycles. The van der Waals surface area contributed by atoms with E-state index in [-0.39, 0.29) is 17.0 Å². The molecule has 0 spiro atoms. The van der Waals surface area contributed by atoms with Gasteiger partial charge in [-0.25, -0.2) is 4.39 Å². The third-order valence-corrected chi connectivity index (χ3v) is 5.12. The topological polar surface area (TPSA) is 20.3 Å². The van der Waals surface area contributed by atoms with Gasteiger partial charge in [0.15, 0.2) is 0 Å². The first-order chi connectivity index (χ1) is 12.1. The van der Waals surface area contributed by atoms with Crippen LogP contribution in [0.25, 0.3) is 0 Å². The highest BCUT2D eigenvalue weighted by molar-refractivity contribution is 8.00. The van der Waals surface area contributed by atoms with Crippen LogP contribution in [0, 0.1) is 5.82 Å². The Labute approximate surface area is 151 Å². The van der Waals surface area contributed by atoms with Crippen molar-refractivity contribution in [3.8, 4) is 0 Å². The minimum Gasteiger partial charge on any atom is -0.314 e. The van der Waals surface area contributed by atoms with E-state index in [2.05, 4.69) is 0 Å². The van der Waals surface area contributed by atoms with Gasteiger partial charge in [0.25, 0.3) is 0 Å². The molecule has 25 heavy (non-hydrogen) atoms. The van der Waals surface area contributed by atoms with E-state index < -0.39 is 0 Å². The van der Waals surface area contributed by atoms with E-state index in [1.807, 2.05) is 60.7 Å². The molecule has 0 aliphatic carbocycles. The minimum atomic E-state index is -0.376. The molecule has 0 radical (unpaired) electrons. The molecule has 2 nitrogen and oxygen atoms in total. The lowest BCUT2D eigenvalue weighted by atomic mass is 10.1. The number of hydrogen-bond acceptors (Lipinski definition) is 2. The Bertz CT molecular complexity index is 822. The van der Waals surface area contributed by atoms with Gasteiger partial charge in [-0.3, -0.25) is 4.79 Å². The Morgan fingerprint density at radius 1 is 0.880 bits per heavy atom. The van der Waals surface area contributed by atoms with E-state index in [1.54, 1.807) is 24.1 Å². The van der Waals surface area contributed by atoms with Gasteiger partial charge >= 0.3 is 0 Å². The van der Waals surface area contributed by atoms with E-state index in [4.69, 9.17) is 0 Å². The first-order valence-corrected chi connectivity index (χ1v) is 8.83. The SMILES string of the molecule is CN(C(=O)C(Sc1ccccc1)c1ccccc1)c1ccc(F)cc1. The molecule has 126 valence electrons. The number of nitrogens with zero attached hydrogens (tertiary/aromatic N) is 1. The van der Waals surface area contributed by atoms with Gasteiger partial charge in [0.1, 0.15) is 11.1 Å². The van der Waals surface area contributed by atoms with Crippen LogP contribution in [-0.4, -0.2) is 13.0 Å². The highest BCUT2D eigenvalue weighted by Gasteiger charge is 2.25. The van der Waals surface area contributed by atoms with Gasteiger partial charge in [-0.05, 0) is 42.0 Å². The van der Waals surface area contributed by atoms with Crippen LogP contribution in [0.5, 0.6) is 0 Å². The van der Waals surface area contributed by atoms with Crippen molar-refractivity contribution in [3.63, 3.8) is 0 Å². The lowest BCUT2D eigenvalue weighted by molar-refractivity contribution is -0.117. The molecule has 1 unspecified atom stereocenters. The van der Waals surface area contributed by atoms with Crippen LogP contribution >= 0.6 is 11.8 Å². The molecule has 0 bridgehead atoms. The zero-order valence-corrected chi connectivity index (χ0v) is 14.6. The van der Waals surface area contributed by atoms with Crippen molar-refractivity contribution >= 4 is 23.4 Å². The number of anilines is 1. The van der Waals surface area contributed by atoms with Gasteiger partial charge < -0.3 is 4.90 Å². The Morgan fingerprint density at radius 2 is 1.44 bits per heavy atom. The van der Waals surface area contributed by atoms with Crippen LogP contribution in [0.2, 0.25) is 0 Å². The van der Waals surface area contributed by atoms with E-state index in [0.29, 0.717) is 5.69 Å². The summed E-state index contributed by atoms with van der Waals surface area (Å²) in [6.45, 7) is 0. The largest absolute Gasteiger partial charge is 0.314 e. The van der Waals surface area contributed by atoms with Crippen LogP contribution < -0.4 is 4.90 Å². The normalized spacial score (nSPS) is 11.8. The monoisotopic (exact) mass is 351 g/mol. The first kappa shape index (κ1) is 17.2. The molecule has 1 atom stereocenters. The summed E-state index contributed by atoms with van der Waals surface area (Å²) in [4.78, 5) is 15.7. The molecule has 3 aromatic carbocycles. The fourth-order valence-corrected chi connectivity index (χ4v) is 3.63. The lowest BCUT2D eigenvalue weighted by Gasteiger charge is -2.24. The number of hydrogen-bond donors (Lipinski definition) is 0. The van der Waals surface area contributed by atoms with Gasteiger partial charge in [-0.15, -0.1) is 11.8 Å². The smallest absolute Gasteiger partial charge is 0.244 e. The van der Waals surface area contributed by atoms with Crippen LogP contribution in [0.15, 0.2) is 89.8 Å². The standard InChI is InChI=1S/C21H18FNOS/c1-23(18-14-12-17(22)13-15-18)21(24)20(16-8-4-2-5-9-16)25-19-10-6-3-7-11-19/h2-15,20H,1H3. The predicted molar refractivity (Wildman–Crippen MR) is 101 cm³/mol. The van der Waals surface area contributed by atoms with Gasteiger partial charge in [0.05, 0.1) is 0 Å². The second-order valence-electron chi connectivity index (χ2n) is 5.60. The molecule has 0 aliphatic rings. The summed E-state index contributed by atoms with van der Waals surface area (Å²) in [7, 11) is 1.72. The predicted octanol–water partition coefficient (Wildman–Crippen LogP) is 5.32. The fourth-order valence-electron chi connectivity index (χ4n) is 2.49. The summed E-state index contributed by atoms with van der Waals surface area (Å²) in [5.74, 6) is -0.366. The summed E-state index contributed by atoms with van der Waals surface area (Å²) < 4.78 is 13.2. The average molecular weight is 351 g/mol. The summed E-state index contributed by atoms with van der Waals surface area (Å²) >= 11 is 1.51. The minimum absolute atomic E-state index is 0.0494. The number of benzene rings is 3. The lowest BCUT2D eigenvalue weighted by Crippen LogP contribution is -2.30. The van der Waals surface area contributed by atoms with Crippen molar-refractivity contribution in [1.82, 2.24) is 0 Å². The Hall–Kier alpha value is -2.59. The maximum absolute atomic E-state index is 13.2. The summed E-state index contributed by atoms with van der Waals surface area (Å²) in [5, 5.41) is -0.376. The number of rotatable bonds is 5. The summed E-state index contributed by atoms with van der Waals surface area (Å²) in [6.07, 6.45) is 0. The average Bonchev–Trinajstić information content (AvgIpc) is 2.67. The van der Waals surface area contributed by atoms with Crippen molar-refractivity contribution in [2.24, 2.45) is 0 Å². The number of amides is 1. The van der Waals surface area contributed by atoms with Crippen LogP contribution in [-0.2, 0) is 4.79 Å². The number of carbonyl (C=O) groups is 1. The zero-order chi connectivity index (χ0) is 17.6. The summed E-state index contributed by atoms with van der Waals surface area (Å²) in [5.41, 5.74) is 1.61. The highest BCUT2D eigenvalue weighted by Crippen LogP contribution is 2.37. The second-order valence-corrected chi connectivity index (χ2v) is 6.77. The maximum Gasteiger partial charge on any atom is 0.244 e. The van der Waals surface area contributed by atoms with E-state index in [9.17, 15) is 9.18 Å². The summed E-state index contributed by atoms with van der Waals surface area (Å²) in [6, 6.07) is 25.5. The quantitative estimate of drug-likeness (QED) is 0.580. The highest BCUT2D eigenvalue weighted by atomic mass is 32.2. The number of likely N-dealkylation sites (N-methyl/N-ethyl adjacent to an activating group) is 1. The molecule has 0 heterocycles. The molecular weight excluding hydrogens is 333 g/mol. The molecule has 0 aromatic heterocycles. The van der Waals surface area contributed by atoms with Crippen LogP contribution in [0.3, 0.4) is 0 Å². The Balaban J connectivity index is 1.90. The maximum atomic E-state index is 13.2. The molecular formula is C21H18FNOS. The Morgan fingerprint density at radius 3 is 2.04 bits per heavy atom. The van der Waals surface area contributed by atoms with Crippen molar-refractivity contribution in [1.29, 1.82) is 0 Å². The van der Waals surface area contributed by atoms with Crippen molar-refractivity contribution in [2.45, 2.75) is 10.1 Å². The number of halogens is 1. The molecule has 4 heteroatoms. The van der Waals surface area contributed by atoms with Crippen molar-refractivity contribution in [2.75, 3.05) is 11.9 Å². The third-order valence-electron chi connectivity index (χ3n) is 3.87. The fraction of sp³-hybridized carbons (Fsp3) is 0.0952. The molecule has 0 saturated heterocycles. The van der Waals surface area contributed by atoms with Gasteiger partial charge in [-0.2, -0.15) is 0 Å². The van der Waals surface area contributed by atoms with Crippen LogP contribution in [0.1, 0.15) is 10.8 Å². The second kappa shape index (κ2) is 7.99. The number of thioether (sulfide) groups is 1. The van der Waals surface area contributed by atoms with Gasteiger partial charge in [0, 0.05) is 17.6 Å². The van der Waals surface area contributed by atoms with Gasteiger partial charge in [-0.1, -0.05) is 48.5 Å². The Kier molecular flexibility index (Phi) is 5.51. The van der Waals surface area contributed by atoms with Gasteiger partial charge in [0.2, 0.25) is 5.91 Å². The molecule has 0 fully saturated rings. The first-order valence-electron chi connectivity index (χ1n) is 7.95. The van der Waals surface area contributed by atoms with E-state index in [1.165, 1.54) is 23.9 Å². The van der Waals surface area contributed by atoms with Crippen molar-refractivity contribution in [3.05, 3.63) is 96.3 Å². The van der Waals surface area contributed by atoms with Crippen LogP contribution in [0.4, 0.5) is 10.1 Å². The molecule has 3 aromatic rings. The molecule has 0 saturated carbocycles. The third kappa shape index (κ3) is 4.28. The molecule has 1 amide bonds. The van der Waals surface area contributed by atoms with Crippen molar-refractivity contribution < 1.29 is 9.18 Å². The molecule has 3 rings (SSSR count). The van der Waals surface area contributed by atoms with E-state index in [0.717, 1.165) is 10.5 Å². The molecule has 0 N–H and O–H groups in total. The number of carbonyl (C=O) groups excluding carboxylic acids is 1. The van der Waals surface area contributed by atoms with E-state index >= 15 is 0 Å². The zero-order valence-electron chi connectivity index (χ0n) is 13.8.